The standard InChI is InChI=1S/C21H25NO6S/c1-3-22(15-17-5-4-6-19-20(17)28-12-11-27-19)21(23)16-7-9-18(10-8-16)29(24,25)14-13-26-2/h4-10H,3,11-15H2,1-2H3. The lowest BCUT2D eigenvalue weighted by molar-refractivity contribution is 0.0749. The number of hydrogen-bond acceptors (Lipinski definition) is 6. The first-order valence-electron chi connectivity index (χ1n) is 9.44. The molecule has 1 aliphatic heterocycles. The van der Waals surface area contributed by atoms with Gasteiger partial charge >= 0.3 is 0 Å². The van der Waals surface area contributed by atoms with Crippen molar-refractivity contribution >= 4 is 15.7 Å². The lowest BCUT2D eigenvalue weighted by atomic mass is 10.1. The number of carbonyl (C=O) groups is 1. The van der Waals surface area contributed by atoms with Crippen molar-refractivity contribution in [3.63, 3.8) is 0 Å². The number of nitrogens with zero attached hydrogens (tertiary/aromatic N) is 1. The number of methoxy groups -OCH3 is 1. The molecule has 2 aromatic carbocycles. The second kappa shape index (κ2) is 9.28. The van der Waals surface area contributed by atoms with E-state index in [0.717, 1.165) is 5.56 Å². The van der Waals surface area contributed by atoms with Crippen molar-refractivity contribution in [2.24, 2.45) is 0 Å². The van der Waals surface area contributed by atoms with E-state index in [-0.39, 0.29) is 23.2 Å². The van der Waals surface area contributed by atoms with Crippen LogP contribution in [-0.2, 0) is 21.1 Å². The summed E-state index contributed by atoms with van der Waals surface area (Å²) < 4.78 is 40.7. The Hall–Kier alpha value is -2.58. The van der Waals surface area contributed by atoms with Gasteiger partial charge in [0.25, 0.3) is 5.91 Å². The van der Waals surface area contributed by atoms with Gasteiger partial charge in [-0.1, -0.05) is 12.1 Å². The van der Waals surface area contributed by atoms with Crippen LogP contribution in [0.5, 0.6) is 11.5 Å². The molecule has 0 saturated carbocycles. The van der Waals surface area contributed by atoms with Crippen LogP contribution < -0.4 is 9.47 Å². The minimum Gasteiger partial charge on any atom is -0.486 e. The van der Waals surface area contributed by atoms with Crippen LogP contribution >= 0.6 is 0 Å². The molecule has 0 radical (unpaired) electrons. The Morgan fingerprint density at radius 1 is 1.10 bits per heavy atom. The molecule has 0 atom stereocenters. The van der Waals surface area contributed by atoms with Crippen molar-refractivity contribution in [2.45, 2.75) is 18.4 Å². The molecule has 0 N–H and O–H groups in total. The van der Waals surface area contributed by atoms with E-state index < -0.39 is 9.84 Å². The first kappa shape index (κ1) is 21.1. The molecule has 7 nitrogen and oxygen atoms in total. The Morgan fingerprint density at radius 3 is 2.52 bits per heavy atom. The normalized spacial score (nSPS) is 13.2. The van der Waals surface area contributed by atoms with Crippen LogP contribution in [0.15, 0.2) is 47.4 Å². The van der Waals surface area contributed by atoms with E-state index in [0.29, 0.717) is 43.4 Å². The monoisotopic (exact) mass is 419 g/mol. The molecular weight excluding hydrogens is 394 g/mol. The highest BCUT2D eigenvalue weighted by Crippen LogP contribution is 2.34. The molecule has 0 unspecified atom stereocenters. The lowest BCUT2D eigenvalue weighted by Crippen LogP contribution is -2.31. The zero-order valence-corrected chi connectivity index (χ0v) is 17.4. The van der Waals surface area contributed by atoms with E-state index >= 15 is 0 Å². The first-order valence-corrected chi connectivity index (χ1v) is 11.1. The fraction of sp³-hybridized carbons (Fsp3) is 0.381. The average Bonchev–Trinajstić information content (AvgIpc) is 2.75. The quantitative estimate of drug-likeness (QED) is 0.654. The van der Waals surface area contributed by atoms with Gasteiger partial charge in [0.2, 0.25) is 0 Å². The largest absolute Gasteiger partial charge is 0.486 e. The van der Waals surface area contributed by atoms with Crippen molar-refractivity contribution in [1.29, 1.82) is 0 Å². The van der Waals surface area contributed by atoms with Gasteiger partial charge in [-0.25, -0.2) is 8.42 Å². The number of carbonyl (C=O) groups excluding carboxylic acids is 1. The van der Waals surface area contributed by atoms with Gasteiger partial charge in [0.05, 0.1) is 17.3 Å². The highest BCUT2D eigenvalue weighted by atomic mass is 32.2. The number of benzene rings is 2. The van der Waals surface area contributed by atoms with Crippen LogP contribution in [0.3, 0.4) is 0 Å². The third-order valence-electron chi connectivity index (χ3n) is 4.69. The van der Waals surface area contributed by atoms with Gasteiger partial charge in [-0.3, -0.25) is 4.79 Å². The van der Waals surface area contributed by atoms with Crippen LogP contribution in [0.1, 0.15) is 22.8 Å². The molecule has 8 heteroatoms. The fourth-order valence-electron chi connectivity index (χ4n) is 3.09. The summed E-state index contributed by atoms with van der Waals surface area (Å²) in [6.45, 7) is 3.87. The fourth-order valence-corrected chi connectivity index (χ4v) is 4.26. The predicted molar refractivity (Wildman–Crippen MR) is 108 cm³/mol. The van der Waals surface area contributed by atoms with E-state index in [4.69, 9.17) is 14.2 Å². The third kappa shape index (κ3) is 4.89. The number of amides is 1. The first-order chi connectivity index (χ1) is 14.0. The van der Waals surface area contributed by atoms with Crippen molar-refractivity contribution in [3.05, 3.63) is 53.6 Å². The van der Waals surface area contributed by atoms with Crippen LogP contribution in [0.2, 0.25) is 0 Å². The highest BCUT2D eigenvalue weighted by molar-refractivity contribution is 7.91. The molecule has 0 fully saturated rings. The Bertz CT molecular complexity index is 956. The molecule has 29 heavy (non-hydrogen) atoms. The van der Waals surface area contributed by atoms with Crippen LogP contribution in [0, 0.1) is 0 Å². The predicted octanol–water partition coefficient (Wildman–Crippen LogP) is 2.54. The summed E-state index contributed by atoms with van der Waals surface area (Å²) in [5.41, 5.74) is 1.30. The SMILES string of the molecule is CCN(Cc1cccc2c1OCCO2)C(=O)c1ccc(S(=O)(=O)CCOC)cc1. The van der Waals surface area contributed by atoms with Gasteiger partial charge in [-0.2, -0.15) is 0 Å². The van der Waals surface area contributed by atoms with Gasteiger partial charge in [-0.05, 0) is 37.3 Å². The minimum absolute atomic E-state index is 0.0981. The summed E-state index contributed by atoms with van der Waals surface area (Å²) in [5, 5.41) is 0. The molecule has 2 aromatic rings. The number of para-hydroxylation sites is 1. The van der Waals surface area contributed by atoms with Gasteiger partial charge in [0, 0.05) is 31.3 Å². The zero-order chi connectivity index (χ0) is 20.9. The van der Waals surface area contributed by atoms with Crippen molar-refractivity contribution in [1.82, 2.24) is 4.90 Å². The number of rotatable bonds is 8. The van der Waals surface area contributed by atoms with Crippen LogP contribution in [-0.4, -0.2) is 58.5 Å². The summed E-state index contributed by atoms with van der Waals surface area (Å²) in [5.74, 6) is 1.08. The number of ether oxygens (including phenoxy) is 3. The van der Waals surface area contributed by atoms with E-state index in [1.54, 1.807) is 17.0 Å². The van der Waals surface area contributed by atoms with E-state index in [2.05, 4.69) is 0 Å². The molecule has 0 aromatic heterocycles. The van der Waals surface area contributed by atoms with E-state index in [1.807, 2.05) is 25.1 Å². The van der Waals surface area contributed by atoms with Crippen molar-refractivity contribution < 1.29 is 27.4 Å². The molecule has 0 aliphatic carbocycles. The van der Waals surface area contributed by atoms with Crippen LogP contribution in [0.25, 0.3) is 0 Å². The molecular formula is C21H25NO6S. The smallest absolute Gasteiger partial charge is 0.254 e. The molecule has 1 heterocycles. The molecule has 1 amide bonds. The third-order valence-corrected chi connectivity index (χ3v) is 6.39. The Morgan fingerprint density at radius 2 is 1.83 bits per heavy atom. The molecule has 0 saturated heterocycles. The van der Waals surface area contributed by atoms with Gasteiger partial charge < -0.3 is 19.1 Å². The van der Waals surface area contributed by atoms with Gasteiger partial charge in [0.15, 0.2) is 21.3 Å². The number of fused-ring (bicyclic) bond motifs is 1. The molecule has 0 spiro atoms. The van der Waals surface area contributed by atoms with Gasteiger partial charge in [0.1, 0.15) is 13.2 Å². The topological polar surface area (TPSA) is 82.1 Å². The number of hydrogen-bond donors (Lipinski definition) is 0. The maximum Gasteiger partial charge on any atom is 0.254 e. The molecule has 156 valence electrons. The summed E-state index contributed by atoms with van der Waals surface area (Å²) in [4.78, 5) is 14.8. The number of sulfone groups is 1. The summed E-state index contributed by atoms with van der Waals surface area (Å²) in [7, 11) is -1.97. The maximum absolute atomic E-state index is 13.0. The van der Waals surface area contributed by atoms with Crippen molar-refractivity contribution in [3.8, 4) is 11.5 Å². The molecule has 3 rings (SSSR count). The van der Waals surface area contributed by atoms with Crippen LogP contribution in [0.4, 0.5) is 0 Å². The Balaban J connectivity index is 1.76. The van der Waals surface area contributed by atoms with E-state index in [1.165, 1.54) is 19.2 Å². The second-order valence-corrected chi connectivity index (χ2v) is 8.71. The minimum atomic E-state index is -3.43. The Labute approximate surface area is 171 Å². The second-order valence-electron chi connectivity index (χ2n) is 6.60. The van der Waals surface area contributed by atoms with Crippen molar-refractivity contribution in [2.75, 3.05) is 39.2 Å². The maximum atomic E-state index is 13.0. The highest BCUT2D eigenvalue weighted by Gasteiger charge is 2.21. The van der Waals surface area contributed by atoms with Gasteiger partial charge in [-0.15, -0.1) is 0 Å². The summed E-state index contributed by atoms with van der Waals surface area (Å²) in [6, 6.07) is 11.7. The molecule has 1 aliphatic rings. The van der Waals surface area contributed by atoms with E-state index in [9.17, 15) is 13.2 Å². The zero-order valence-electron chi connectivity index (χ0n) is 16.6. The molecule has 0 bridgehead atoms. The lowest BCUT2D eigenvalue weighted by Gasteiger charge is -2.25. The summed E-state index contributed by atoms with van der Waals surface area (Å²) in [6.07, 6.45) is 0. The average molecular weight is 419 g/mol. The Kier molecular flexibility index (Phi) is 6.76. The summed E-state index contributed by atoms with van der Waals surface area (Å²) >= 11 is 0.